The normalized spacial score (nSPS) is 13.1. The topological polar surface area (TPSA) is 251 Å². The number of nitrogen functional groups attached to an aromatic ring is 2. The summed E-state index contributed by atoms with van der Waals surface area (Å²) in [6.45, 7) is 1.11. The monoisotopic (exact) mass is 760 g/mol. The summed E-state index contributed by atoms with van der Waals surface area (Å²) in [5.74, 6) is -0.518. The molecule has 0 aliphatic carbocycles. The molecule has 1 fully saturated rings. The van der Waals surface area contributed by atoms with Crippen LogP contribution in [0, 0.1) is 0 Å². The zero-order valence-electron chi connectivity index (χ0n) is 28.6. The number of nitrogens with two attached hydrogens (primary N) is 2. The van der Waals surface area contributed by atoms with E-state index in [1.54, 1.807) is 61.8 Å². The van der Waals surface area contributed by atoms with Gasteiger partial charge in [-0.2, -0.15) is 9.97 Å². The lowest BCUT2D eigenvalue weighted by molar-refractivity contribution is -0.131. The number of nitrogens with one attached hydrogen (secondary N) is 1. The molecule has 1 atom stereocenters. The van der Waals surface area contributed by atoms with Crippen molar-refractivity contribution in [3.8, 4) is 0 Å². The highest BCUT2D eigenvalue weighted by Crippen LogP contribution is 2.23. The van der Waals surface area contributed by atoms with Crippen LogP contribution < -0.4 is 27.1 Å². The Morgan fingerprint density at radius 1 is 1.08 bits per heavy atom. The second-order valence-electron chi connectivity index (χ2n) is 12.0. The number of amides is 4. The summed E-state index contributed by atoms with van der Waals surface area (Å²) < 4.78 is 0. The van der Waals surface area contributed by atoms with Crippen molar-refractivity contribution in [3.05, 3.63) is 71.5 Å². The molecule has 1 aliphatic rings. The molecule has 2 aromatic carbocycles. The Hall–Kier alpha value is -5.31. The number of carbonyl (C=O) groups is 5. The minimum absolute atomic E-state index is 0.0266. The standard InChI is InChI=1S/C33H37BN10O7S2/c1-42(12-14-52-19-45)26(46)11-10-25(31(48)44-13-15-53-33(44)49)39-30(47)21-4-8-24(9-5-21)43(17-20-2-6-22(7-3-20)34(50)51)18-23-16-37-29-27(38-23)28(35)40-32(36)41-29/h2-9,16,19,25,50-51H,10-15,17-18H2,1H3,(H,39,47)(H4,35,36,37,40,41). The molecule has 0 radical (unpaired) electrons. The molecule has 1 saturated heterocycles. The van der Waals surface area contributed by atoms with Gasteiger partial charge in [-0.15, -0.1) is 0 Å². The van der Waals surface area contributed by atoms with Crippen LogP contribution in [0.1, 0.15) is 34.5 Å². The lowest BCUT2D eigenvalue weighted by Gasteiger charge is -2.26. The van der Waals surface area contributed by atoms with Gasteiger partial charge in [0, 0.05) is 55.9 Å². The number of rotatable bonds is 16. The first kappa shape index (κ1) is 38.9. The molecule has 1 unspecified atom stereocenters. The number of carbonyl (C=O) groups excluding carboxylic acids is 5. The molecule has 5 rings (SSSR count). The maximum absolute atomic E-state index is 13.5. The van der Waals surface area contributed by atoms with Crippen LogP contribution in [0.4, 0.5) is 22.2 Å². The van der Waals surface area contributed by atoms with Crippen LogP contribution in [0.5, 0.6) is 0 Å². The van der Waals surface area contributed by atoms with Crippen molar-refractivity contribution < 1.29 is 34.0 Å². The van der Waals surface area contributed by atoms with Crippen molar-refractivity contribution in [1.82, 2.24) is 35.1 Å². The smallest absolute Gasteiger partial charge is 0.423 e. The number of hydrogen-bond acceptors (Lipinski definition) is 16. The predicted octanol–water partition coefficient (Wildman–Crippen LogP) is 0.427. The second-order valence-corrected chi connectivity index (χ2v) is 14.0. The van der Waals surface area contributed by atoms with Crippen LogP contribution >= 0.6 is 23.5 Å². The third-order valence-corrected chi connectivity index (χ3v) is 9.72. The molecular weight excluding hydrogens is 723 g/mol. The summed E-state index contributed by atoms with van der Waals surface area (Å²) in [7, 11) is -0.0196. The van der Waals surface area contributed by atoms with E-state index in [4.69, 9.17) is 11.5 Å². The molecular formula is C33H37BN10O7S2. The SMILES string of the molecule is CN(CCSC=O)C(=O)CCC(NC(=O)c1ccc(N(Cc2ccc(B(O)O)cc2)Cc2cnc3nc(N)nc(N)c3n2)cc1)C(=O)N1CCSC1=O. The molecule has 0 bridgehead atoms. The molecule has 276 valence electrons. The Morgan fingerprint density at radius 2 is 1.81 bits per heavy atom. The number of imide groups is 1. The van der Waals surface area contributed by atoms with Crippen LogP contribution in [-0.4, -0.2) is 113 Å². The minimum atomic E-state index is -1.61. The minimum Gasteiger partial charge on any atom is -0.423 e. The number of nitrogens with zero attached hydrogens (tertiary/aromatic N) is 7. The van der Waals surface area contributed by atoms with Crippen molar-refractivity contribution >= 4 is 93.3 Å². The van der Waals surface area contributed by atoms with Gasteiger partial charge in [-0.25, -0.2) is 9.97 Å². The van der Waals surface area contributed by atoms with E-state index in [2.05, 4.69) is 25.3 Å². The Morgan fingerprint density at radius 3 is 2.47 bits per heavy atom. The summed E-state index contributed by atoms with van der Waals surface area (Å²) in [4.78, 5) is 84.2. The van der Waals surface area contributed by atoms with E-state index in [1.807, 2.05) is 4.90 Å². The summed E-state index contributed by atoms with van der Waals surface area (Å²) in [5, 5.41) is 21.4. The van der Waals surface area contributed by atoms with Gasteiger partial charge in [0.25, 0.3) is 17.1 Å². The average molecular weight is 761 g/mol. The average Bonchev–Trinajstić information content (AvgIpc) is 3.58. The first-order valence-corrected chi connectivity index (χ1v) is 18.4. The van der Waals surface area contributed by atoms with E-state index in [0.29, 0.717) is 47.1 Å². The molecule has 7 N–H and O–H groups in total. The Bertz CT molecular complexity index is 1970. The van der Waals surface area contributed by atoms with Gasteiger partial charge in [-0.05, 0) is 41.7 Å². The molecule has 0 saturated carbocycles. The lowest BCUT2D eigenvalue weighted by Crippen LogP contribution is -2.49. The highest BCUT2D eigenvalue weighted by Gasteiger charge is 2.34. The molecule has 53 heavy (non-hydrogen) atoms. The van der Waals surface area contributed by atoms with Crippen LogP contribution in [0.2, 0.25) is 0 Å². The fourth-order valence-corrected chi connectivity index (χ4v) is 6.70. The van der Waals surface area contributed by atoms with Crippen molar-refractivity contribution in [2.24, 2.45) is 0 Å². The molecule has 0 spiro atoms. The molecule has 3 heterocycles. The maximum atomic E-state index is 13.5. The number of fused-ring (bicyclic) bond motifs is 1. The van der Waals surface area contributed by atoms with Crippen molar-refractivity contribution in [3.63, 3.8) is 0 Å². The van der Waals surface area contributed by atoms with E-state index in [0.717, 1.165) is 34.0 Å². The quantitative estimate of drug-likeness (QED) is 0.0590. The second kappa shape index (κ2) is 18.0. The number of benzene rings is 2. The van der Waals surface area contributed by atoms with Gasteiger partial charge in [-0.1, -0.05) is 47.8 Å². The van der Waals surface area contributed by atoms with Gasteiger partial charge in [0.1, 0.15) is 6.04 Å². The van der Waals surface area contributed by atoms with Crippen LogP contribution in [-0.2, 0) is 27.5 Å². The Labute approximate surface area is 313 Å². The summed E-state index contributed by atoms with van der Waals surface area (Å²) in [5.41, 5.74) is 15.6. The molecule has 2 aromatic heterocycles. The van der Waals surface area contributed by atoms with Gasteiger partial charge < -0.3 is 36.6 Å². The van der Waals surface area contributed by atoms with Gasteiger partial charge in [-0.3, -0.25) is 28.9 Å². The lowest BCUT2D eigenvalue weighted by atomic mass is 9.80. The van der Waals surface area contributed by atoms with Gasteiger partial charge in [0.05, 0.1) is 18.4 Å². The van der Waals surface area contributed by atoms with Crippen molar-refractivity contribution in [2.45, 2.75) is 32.0 Å². The molecule has 20 heteroatoms. The Balaban J connectivity index is 1.35. The van der Waals surface area contributed by atoms with E-state index in [-0.39, 0.29) is 60.3 Å². The molecule has 4 aromatic rings. The van der Waals surface area contributed by atoms with Gasteiger partial charge >= 0.3 is 7.12 Å². The Kier molecular flexibility index (Phi) is 13.2. The first-order chi connectivity index (χ1) is 25.4. The van der Waals surface area contributed by atoms with E-state index in [1.165, 1.54) is 4.90 Å². The number of thioether (sulfide) groups is 2. The summed E-state index contributed by atoms with van der Waals surface area (Å²) in [6.07, 6.45) is 1.45. The fourth-order valence-electron chi connectivity index (χ4n) is 5.43. The zero-order valence-corrected chi connectivity index (χ0v) is 30.3. The largest absolute Gasteiger partial charge is 0.488 e. The van der Waals surface area contributed by atoms with Gasteiger partial charge in [0.15, 0.2) is 22.6 Å². The van der Waals surface area contributed by atoms with Crippen LogP contribution in [0.3, 0.4) is 0 Å². The van der Waals surface area contributed by atoms with E-state index < -0.39 is 30.2 Å². The molecule has 4 amide bonds. The highest BCUT2D eigenvalue weighted by atomic mass is 32.2. The zero-order chi connectivity index (χ0) is 38.1. The van der Waals surface area contributed by atoms with E-state index in [9.17, 15) is 34.0 Å². The van der Waals surface area contributed by atoms with Crippen LogP contribution in [0.15, 0.2) is 54.7 Å². The highest BCUT2D eigenvalue weighted by molar-refractivity contribution is 8.14. The third-order valence-electron chi connectivity index (χ3n) is 8.32. The predicted molar refractivity (Wildman–Crippen MR) is 203 cm³/mol. The van der Waals surface area contributed by atoms with Crippen molar-refractivity contribution in [1.29, 1.82) is 0 Å². The van der Waals surface area contributed by atoms with Crippen LogP contribution in [0.25, 0.3) is 11.2 Å². The molecule has 17 nitrogen and oxygen atoms in total. The summed E-state index contributed by atoms with van der Waals surface area (Å²) in [6, 6.07) is 12.2. The number of anilines is 3. The first-order valence-electron chi connectivity index (χ1n) is 16.4. The number of aromatic nitrogens is 4. The number of hydrogen-bond donors (Lipinski definition) is 5. The third kappa shape index (κ3) is 10.2. The van der Waals surface area contributed by atoms with Crippen molar-refractivity contribution in [2.75, 3.05) is 48.0 Å². The maximum Gasteiger partial charge on any atom is 0.488 e. The summed E-state index contributed by atoms with van der Waals surface area (Å²) >= 11 is 2.05. The fraction of sp³-hybridized carbons (Fsp3) is 0.303. The van der Waals surface area contributed by atoms with Gasteiger partial charge in [0.2, 0.25) is 11.9 Å². The molecule has 1 aliphatic heterocycles. The van der Waals surface area contributed by atoms with E-state index >= 15 is 0 Å².